The van der Waals surface area contributed by atoms with Crippen LogP contribution in [0.3, 0.4) is 0 Å². The number of halogens is 1. The molecule has 0 radical (unpaired) electrons. The molecule has 1 aromatic rings. The molecule has 0 atom stereocenters. The molecule has 0 fully saturated rings. The van der Waals surface area contributed by atoms with E-state index in [9.17, 15) is 9.18 Å². The second-order valence-corrected chi connectivity index (χ2v) is 4.45. The Morgan fingerprint density at radius 2 is 2.00 bits per heavy atom. The first-order valence-corrected chi connectivity index (χ1v) is 5.09. The SMILES string of the molecule is CC(C)(C)OC(=O)NCc1ccccc1F. The van der Waals surface area contributed by atoms with Gasteiger partial charge in [-0.05, 0) is 26.8 Å². The van der Waals surface area contributed by atoms with E-state index in [1.54, 1.807) is 39.0 Å². The Bertz CT molecular complexity index is 372. The summed E-state index contributed by atoms with van der Waals surface area (Å²) in [4.78, 5) is 11.3. The zero-order valence-electron chi connectivity index (χ0n) is 9.71. The van der Waals surface area contributed by atoms with E-state index in [0.29, 0.717) is 5.56 Å². The number of nitrogens with one attached hydrogen (secondary N) is 1. The number of rotatable bonds is 2. The van der Waals surface area contributed by atoms with Crippen molar-refractivity contribution in [3.8, 4) is 0 Å². The van der Waals surface area contributed by atoms with Crippen molar-refractivity contribution in [2.75, 3.05) is 0 Å². The van der Waals surface area contributed by atoms with Gasteiger partial charge in [0.05, 0.1) is 0 Å². The van der Waals surface area contributed by atoms with E-state index >= 15 is 0 Å². The molecule has 0 aliphatic rings. The minimum Gasteiger partial charge on any atom is -0.444 e. The van der Waals surface area contributed by atoms with Crippen molar-refractivity contribution in [3.05, 3.63) is 35.6 Å². The van der Waals surface area contributed by atoms with Gasteiger partial charge in [0, 0.05) is 12.1 Å². The number of carbonyl (C=O) groups excluding carboxylic acids is 1. The van der Waals surface area contributed by atoms with E-state index in [0.717, 1.165) is 0 Å². The van der Waals surface area contributed by atoms with Crippen LogP contribution in [0.1, 0.15) is 26.3 Å². The third kappa shape index (κ3) is 4.29. The molecule has 0 aliphatic heterocycles. The summed E-state index contributed by atoms with van der Waals surface area (Å²) in [7, 11) is 0. The van der Waals surface area contributed by atoms with Crippen LogP contribution < -0.4 is 5.32 Å². The van der Waals surface area contributed by atoms with E-state index in [-0.39, 0.29) is 12.4 Å². The van der Waals surface area contributed by atoms with Crippen LogP contribution in [-0.4, -0.2) is 11.7 Å². The highest BCUT2D eigenvalue weighted by Crippen LogP contribution is 2.08. The van der Waals surface area contributed by atoms with Crippen LogP contribution in [0.2, 0.25) is 0 Å². The van der Waals surface area contributed by atoms with E-state index in [2.05, 4.69) is 5.32 Å². The van der Waals surface area contributed by atoms with Crippen LogP contribution in [0.5, 0.6) is 0 Å². The molecule has 3 nitrogen and oxygen atoms in total. The highest BCUT2D eigenvalue weighted by atomic mass is 19.1. The Labute approximate surface area is 94.6 Å². The maximum atomic E-state index is 13.2. The first-order valence-electron chi connectivity index (χ1n) is 5.09. The van der Waals surface area contributed by atoms with E-state index in [1.807, 2.05) is 0 Å². The van der Waals surface area contributed by atoms with Gasteiger partial charge in [-0.1, -0.05) is 18.2 Å². The van der Waals surface area contributed by atoms with Crippen molar-refractivity contribution in [2.45, 2.75) is 32.9 Å². The molecule has 4 heteroatoms. The molecule has 88 valence electrons. The average molecular weight is 225 g/mol. The van der Waals surface area contributed by atoms with Crippen LogP contribution in [0.15, 0.2) is 24.3 Å². The lowest BCUT2D eigenvalue weighted by atomic mass is 10.2. The summed E-state index contributed by atoms with van der Waals surface area (Å²) in [5.41, 5.74) is -0.104. The van der Waals surface area contributed by atoms with Gasteiger partial charge < -0.3 is 10.1 Å². The lowest BCUT2D eigenvalue weighted by molar-refractivity contribution is 0.0523. The number of amides is 1. The lowest BCUT2D eigenvalue weighted by Gasteiger charge is -2.19. The molecule has 16 heavy (non-hydrogen) atoms. The Hall–Kier alpha value is -1.58. The third-order valence-corrected chi connectivity index (χ3v) is 1.78. The molecule has 1 N–H and O–H groups in total. The molecular weight excluding hydrogens is 209 g/mol. The smallest absolute Gasteiger partial charge is 0.407 e. The predicted molar refractivity (Wildman–Crippen MR) is 59.5 cm³/mol. The van der Waals surface area contributed by atoms with Crippen molar-refractivity contribution in [1.29, 1.82) is 0 Å². The van der Waals surface area contributed by atoms with Gasteiger partial charge in [0.2, 0.25) is 0 Å². The Balaban J connectivity index is 2.47. The zero-order chi connectivity index (χ0) is 12.2. The van der Waals surface area contributed by atoms with E-state index < -0.39 is 11.7 Å². The quantitative estimate of drug-likeness (QED) is 0.840. The number of hydrogen-bond donors (Lipinski definition) is 1. The van der Waals surface area contributed by atoms with Gasteiger partial charge in [-0.15, -0.1) is 0 Å². The first kappa shape index (κ1) is 12.5. The Kier molecular flexibility index (Phi) is 3.88. The van der Waals surface area contributed by atoms with Crippen molar-refractivity contribution < 1.29 is 13.9 Å². The molecule has 1 rings (SSSR count). The normalized spacial score (nSPS) is 11.0. The van der Waals surface area contributed by atoms with Crippen molar-refractivity contribution >= 4 is 6.09 Å². The number of ether oxygens (including phenoxy) is 1. The summed E-state index contributed by atoms with van der Waals surface area (Å²) in [6, 6.07) is 6.29. The third-order valence-electron chi connectivity index (χ3n) is 1.78. The molecule has 0 heterocycles. The van der Waals surface area contributed by atoms with Crippen LogP contribution in [-0.2, 0) is 11.3 Å². The molecular formula is C12H16FNO2. The van der Waals surface area contributed by atoms with Crippen LogP contribution >= 0.6 is 0 Å². The van der Waals surface area contributed by atoms with E-state index in [1.165, 1.54) is 6.07 Å². The lowest BCUT2D eigenvalue weighted by Crippen LogP contribution is -2.32. The first-order chi connectivity index (χ1) is 7.38. The van der Waals surface area contributed by atoms with Gasteiger partial charge in [0.25, 0.3) is 0 Å². The van der Waals surface area contributed by atoms with Crippen molar-refractivity contribution in [1.82, 2.24) is 5.32 Å². The Morgan fingerprint density at radius 3 is 2.56 bits per heavy atom. The van der Waals surface area contributed by atoms with Crippen molar-refractivity contribution in [3.63, 3.8) is 0 Å². The maximum Gasteiger partial charge on any atom is 0.407 e. The summed E-state index contributed by atoms with van der Waals surface area (Å²) in [6.45, 7) is 5.45. The fourth-order valence-corrected chi connectivity index (χ4v) is 1.12. The number of carbonyl (C=O) groups is 1. The van der Waals surface area contributed by atoms with Gasteiger partial charge in [-0.25, -0.2) is 9.18 Å². The highest BCUT2D eigenvalue weighted by molar-refractivity contribution is 5.67. The number of benzene rings is 1. The summed E-state index contributed by atoms with van der Waals surface area (Å²) < 4.78 is 18.2. The van der Waals surface area contributed by atoms with Crippen LogP contribution in [0.25, 0.3) is 0 Å². The second-order valence-electron chi connectivity index (χ2n) is 4.45. The predicted octanol–water partition coefficient (Wildman–Crippen LogP) is 2.85. The summed E-state index contributed by atoms with van der Waals surface area (Å²) >= 11 is 0. The molecule has 0 aromatic heterocycles. The molecule has 0 spiro atoms. The summed E-state index contributed by atoms with van der Waals surface area (Å²) in [6.07, 6.45) is -0.546. The van der Waals surface area contributed by atoms with Gasteiger partial charge >= 0.3 is 6.09 Å². The van der Waals surface area contributed by atoms with Gasteiger partial charge in [0.15, 0.2) is 0 Å². The zero-order valence-corrected chi connectivity index (χ0v) is 9.71. The van der Waals surface area contributed by atoms with Gasteiger partial charge in [-0.3, -0.25) is 0 Å². The molecule has 0 aliphatic carbocycles. The fraction of sp³-hybridized carbons (Fsp3) is 0.417. The highest BCUT2D eigenvalue weighted by Gasteiger charge is 2.15. The average Bonchev–Trinajstić information content (AvgIpc) is 2.14. The van der Waals surface area contributed by atoms with E-state index in [4.69, 9.17) is 4.74 Å². The molecule has 1 amide bonds. The molecule has 0 bridgehead atoms. The minimum atomic E-state index is -0.546. The van der Waals surface area contributed by atoms with Gasteiger partial charge in [0.1, 0.15) is 11.4 Å². The van der Waals surface area contributed by atoms with Crippen LogP contribution in [0, 0.1) is 5.82 Å². The topological polar surface area (TPSA) is 38.3 Å². The number of hydrogen-bond acceptors (Lipinski definition) is 2. The largest absolute Gasteiger partial charge is 0.444 e. The summed E-state index contributed by atoms with van der Waals surface area (Å²) in [5, 5.41) is 2.50. The standard InChI is InChI=1S/C12H16FNO2/c1-12(2,3)16-11(15)14-8-9-6-4-5-7-10(9)13/h4-7H,8H2,1-3H3,(H,14,15). The van der Waals surface area contributed by atoms with Crippen LogP contribution in [0.4, 0.5) is 9.18 Å². The fourth-order valence-electron chi connectivity index (χ4n) is 1.12. The molecule has 1 aromatic carbocycles. The Morgan fingerprint density at radius 1 is 1.38 bits per heavy atom. The van der Waals surface area contributed by atoms with Crippen molar-refractivity contribution in [2.24, 2.45) is 0 Å². The monoisotopic (exact) mass is 225 g/mol. The summed E-state index contributed by atoms with van der Waals surface area (Å²) in [5.74, 6) is -0.335. The molecule has 0 saturated heterocycles. The second kappa shape index (κ2) is 4.96. The molecule has 0 saturated carbocycles. The minimum absolute atomic E-state index is 0.127. The number of alkyl carbamates (subject to hydrolysis) is 1. The van der Waals surface area contributed by atoms with Gasteiger partial charge in [-0.2, -0.15) is 0 Å². The molecule has 0 unspecified atom stereocenters. The maximum absolute atomic E-state index is 13.2.